The number of nitrogens with one attached hydrogen (secondary N) is 2. The van der Waals surface area contributed by atoms with Crippen molar-refractivity contribution in [3.8, 4) is 0 Å². The SMILES string of the molecule is COC(=O)c1cc(C)cc(C)c1NC(=O)NCc1ccccc1. The Hall–Kier alpha value is -2.82. The number of ether oxygens (including phenoxy) is 1. The minimum absolute atomic E-state index is 0.347. The lowest BCUT2D eigenvalue weighted by molar-refractivity contribution is 0.0601. The fourth-order valence-electron chi connectivity index (χ4n) is 2.34. The molecular weight excluding hydrogens is 292 g/mol. The molecule has 2 amide bonds. The van der Waals surface area contributed by atoms with Crippen LogP contribution in [0.5, 0.6) is 0 Å². The summed E-state index contributed by atoms with van der Waals surface area (Å²) in [4.78, 5) is 24.0. The third-order valence-electron chi connectivity index (χ3n) is 3.42. The maximum atomic E-state index is 12.1. The fraction of sp³-hybridized carbons (Fsp3) is 0.222. The molecule has 0 aliphatic heterocycles. The van der Waals surface area contributed by atoms with Crippen LogP contribution in [-0.4, -0.2) is 19.1 Å². The van der Waals surface area contributed by atoms with Gasteiger partial charge in [0.15, 0.2) is 0 Å². The fourth-order valence-corrected chi connectivity index (χ4v) is 2.34. The van der Waals surface area contributed by atoms with Crippen molar-refractivity contribution < 1.29 is 14.3 Å². The molecule has 5 nitrogen and oxygen atoms in total. The molecule has 0 bridgehead atoms. The first-order chi connectivity index (χ1) is 11.0. The summed E-state index contributed by atoms with van der Waals surface area (Å²) >= 11 is 0. The van der Waals surface area contributed by atoms with E-state index in [1.165, 1.54) is 7.11 Å². The van der Waals surface area contributed by atoms with Crippen LogP contribution in [0, 0.1) is 13.8 Å². The van der Waals surface area contributed by atoms with Crippen LogP contribution in [0.2, 0.25) is 0 Å². The van der Waals surface area contributed by atoms with Crippen LogP contribution in [0.1, 0.15) is 27.0 Å². The van der Waals surface area contributed by atoms with E-state index in [-0.39, 0.29) is 6.03 Å². The Labute approximate surface area is 135 Å². The van der Waals surface area contributed by atoms with E-state index in [1.807, 2.05) is 50.2 Å². The van der Waals surface area contributed by atoms with Gasteiger partial charge in [-0.2, -0.15) is 0 Å². The quantitative estimate of drug-likeness (QED) is 0.850. The number of hydrogen-bond donors (Lipinski definition) is 2. The van der Waals surface area contributed by atoms with Gasteiger partial charge in [0.1, 0.15) is 0 Å². The summed E-state index contributed by atoms with van der Waals surface area (Å²) in [5, 5.41) is 5.51. The molecule has 0 spiro atoms. The van der Waals surface area contributed by atoms with Gasteiger partial charge in [0.2, 0.25) is 0 Å². The molecule has 2 aromatic rings. The van der Waals surface area contributed by atoms with E-state index in [2.05, 4.69) is 10.6 Å². The first-order valence-electron chi connectivity index (χ1n) is 7.29. The second-order valence-corrected chi connectivity index (χ2v) is 5.29. The standard InChI is InChI=1S/C18H20N2O3/c1-12-9-13(2)16(15(10-12)17(21)23-3)20-18(22)19-11-14-7-5-4-6-8-14/h4-10H,11H2,1-3H3,(H2,19,20,22). The predicted molar refractivity (Wildman–Crippen MR) is 89.6 cm³/mol. The van der Waals surface area contributed by atoms with Crippen molar-refractivity contribution in [1.82, 2.24) is 5.32 Å². The second-order valence-electron chi connectivity index (χ2n) is 5.29. The average Bonchev–Trinajstić information content (AvgIpc) is 2.55. The van der Waals surface area contributed by atoms with E-state index < -0.39 is 5.97 Å². The highest BCUT2D eigenvalue weighted by Gasteiger charge is 2.16. The Morgan fingerprint density at radius 2 is 1.78 bits per heavy atom. The number of amides is 2. The van der Waals surface area contributed by atoms with Gasteiger partial charge < -0.3 is 15.4 Å². The predicted octanol–water partition coefficient (Wildman–Crippen LogP) is 3.41. The number of aryl methyl sites for hydroxylation is 2. The zero-order valence-corrected chi connectivity index (χ0v) is 13.5. The minimum atomic E-state index is -0.477. The Bertz CT molecular complexity index is 712. The van der Waals surface area contributed by atoms with Gasteiger partial charge in [-0.05, 0) is 36.6 Å². The third kappa shape index (κ3) is 4.32. The van der Waals surface area contributed by atoms with Crippen molar-refractivity contribution in [1.29, 1.82) is 0 Å². The van der Waals surface area contributed by atoms with Crippen LogP contribution in [-0.2, 0) is 11.3 Å². The number of esters is 1. The number of hydrogen-bond acceptors (Lipinski definition) is 3. The van der Waals surface area contributed by atoms with Crippen molar-refractivity contribution in [3.63, 3.8) is 0 Å². The summed E-state index contributed by atoms with van der Waals surface area (Å²) in [6, 6.07) is 12.8. The molecule has 0 fully saturated rings. The first kappa shape index (κ1) is 16.5. The zero-order chi connectivity index (χ0) is 16.8. The molecule has 23 heavy (non-hydrogen) atoms. The number of methoxy groups -OCH3 is 1. The van der Waals surface area contributed by atoms with Gasteiger partial charge in [0, 0.05) is 6.54 Å². The number of benzene rings is 2. The van der Waals surface area contributed by atoms with Crippen LogP contribution in [0.15, 0.2) is 42.5 Å². The molecule has 2 N–H and O–H groups in total. The van der Waals surface area contributed by atoms with Gasteiger partial charge in [-0.3, -0.25) is 0 Å². The molecule has 0 heterocycles. The average molecular weight is 312 g/mol. The molecule has 0 unspecified atom stereocenters. The highest BCUT2D eigenvalue weighted by atomic mass is 16.5. The summed E-state index contributed by atoms with van der Waals surface area (Å²) in [5.74, 6) is -0.477. The van der Waals surface area contributed by atoms with Crippen LogP contribution >= 0.6 is 0 Å². The number of carbonyl (C=O) groups excluding carboxylic acids is 2. The molecule has 0 saturated carbocycles. The largest absolute Gasteiger partial charge is 0.465 e. The molecule has 0 saturated heterocycles. The Morgan fingerprint density at radius 1 is 1.09 bits per heavy atom. The summed E-state index contributed by atoms with van der Waals surface area (Å²) in [6.07, 6.45) is 0. The molecule has 2 rings (SSSR count). The van der Waals surface area contributed by atoms with Crippen molar-refractivity contribution in [2.24, 2.45) is 0 Å². The van der Waals surface area contributed by atoms with E-state index in [4.69, 9.17) is 4.74 Å². The van der Waals surface area contributed by atoms with Gasteiger partial charge in [0.05, 0.1) is 18.4 Å². The molecule has 120 valence electrons. The van der Waals surface area contributed by atoms with Crippen molar-refractivity contribution in [2.75, 3.05) is 12.4 Å². The zero-order valence-electron chi connectivity index (χ0n) is 13.5. The van der Waals surface area contributed by atoms with Crippen LogP contribution < -0.4 is 10.6 Å². The Kier molecular flexibility index (Phi) is 5.36. The monoisotopic (exact) mass is 312 g/mol. The molecule has 2 aromatic carbocycles. The lowest BCUT2D eigenvalue weighted by atomic mass is 10.0. The van der Waals surface area contributed by atoms with Crippen molar-refractivity contribution in [2.45, 2.75) is 20.4 Å². The van der Waals surface area contributed by atoms with Gasteiger partial charge in [-0.25, -0.2) is 9.59 Å². The van der Waals surface area contributed by atoms with E-state index in [9.17, 15) is 9.59 Å². The van der Waals surface area contributed by atoms with Gasteiger partial charge >= 0.3 is 12.0 Å². The highest BCUT2D eigenvalue weighted by Crippen LogP contribution is 2.23. The first-order valence-corrected chi connectivity index (χ1v) is 7.29. The number of carbonyl (C=O) groups is 2. The summed E-state index contributed by atoms with van der Waals surface area (Å²) in [5.41, 5.74) is 3.54. The topological polar surface area (TPSA) is 67.4 Å². The van der Waals surface area contributed by atoms with E-state index >= 15 is 0 Å². The summed E-state index contributed by atoms with van der Waals surface area (Å²) in [6.45, 7) is 4.14. The van der Waals surface area contributed by atoms with E-state index in [0.29, 0.717) is 17.8 Å². The van der Waals surface area contributed by atoms with Gasteiger partial charge in [-0.15, -0.1) is 0 Å². The maximum Gasteiger partial charge on any atom is 0.339 e. The highest BCUT2D eigenvalue weighted by molar-refractivity contribution is 6.02. The minimum Gasteiger partial charge on any atom is -0.465 e. The lowest BCUT2D eigenvalue weighted by Crippen LogP contribution is -2.29. The Balaban J connectivity index is 2.12. The number of urea groups is 1. The number of anilines is 1. The normalized spacial score (nSPS) is 10.0. The van der Waals surface area contributed by atoms with E-state index in [0.717, 1.165) is 16.7 Å². The smallest absolute Gasteiger partial charge is 0.339 e. The third-order valence-corrected chi connectivity index (χ3v) is 3.42. The lowest BCUT2D eigenvalue weighted by Gasteiger charge is -2.14. The van der Waals surface area contributed by atoms with Gasteiger partial charge in [0.25, 0.3) is 0 Å². The van der Waals surface area contributed by atoms with Crippen molar-refractivity contribution in [3.05, 3.63) is 64.7 Å². The van der Waals surface area contributed by atoms with Crippen LogP contribution in [0.4, 0.5) is 10.5 Å². The Morgan fingerprint density at radius 3 is 2.43 bits per heavy atom. The molecule has 0 radical (unpaired) electrons. The molecule has 0 aromatic heterocycles. The molecule has 5 heteroatoms. The summed E-state index contributed by atoms with van der Waals surface area (Å²) in [7, 11) is 1.32. The maximum absolute atomic E-state index is 12.1. The second kappa shape index (κ2) is 7.45. The van der Waals surface area contributed by atoms with Gasteiger partial charge in [-0.1, -0.05) is 36.4 Å². The number of rotatable bonds is 4. The van der Waals surface area contributed by atoms with Crippen LogP contribution in [0.3, 0.4) is 0 Å². The molecule has 0 atom stereocenters. The summed E-state index contributed by atoms with van der Waals surface area (Å²) < 4.78 is 4.79. The van der Waals surface area contributed by atoms with Crippen molar-refractivity contribution >= 4 is 17.7 Å². The molecule has 0 aliphatic carbocycles. The van der Waals surface area contributed by atoms with Crippen LogP contribution in [0.25, 0.3) is 0 Å². The molecular formula is C18H20N2O3. The van der Waals surface area contributed by atoms with E-state index in [1.54, 1.807) is 6.07 Å². The molecule has 0 aliphatic rings.